The van der Waals surface area contributed by atoms with E-state index in [0.717, 1.165) is 48.0 Å². The Morgan fingerprint density at radius 1 is 0.886 bits per heavy atom. The highest BCUT2D eigenvalue weighted by Gasteiger charge is 2.28. The van der Waals surface area contributed by atoms with Crippen molar-refractivity contribution in [2.75, 3.05) is 24.3 Å². The van der Waals surface area contributed by atoms with E-state index in [0.29, 0.717) is 5.95 Å². The third-order valence-electron chi connectivity index (χ3n) is 7.09. The molecule has 0 bridgehead atoms. The predicted octanol–water partition coefficient (Wildman–Crippen LogP) is 5.70. The highest BCUT2D eigenvalue weighted by Crippen LogP contribution is 2.30. The van der Waals surface area contributed by atoms with Gasteiger partial charge in [-0.15, -0.1) is 0 Å². The molecule has 5 rings (SSSR count). The minimum atomic E-state index is -0.0279. The summed E-state index contributed by atoms with van der Waals surface area (Å²) in [4.78, 5) is 24.6. The summed E-state index contributed by atoms with van der Waals surface area (Å²) in [5.74, 6) is 1.76. The Morgan fingerprint density at radius 3 is 2.34 bits per heavy atom. The van der Waals surface area contributed by atoms with Gasteiger partial charge in [0, 0.05) is 31.4 Å². The molecule has 1 heterocycles. The number of para-hydroxylation sites is 1. The Balaban J connectivity index is 1.21. The number of hydrogen-bond donors (Lipinski definition) is 2. The average molecular weight is 468 g/mol. The Bertz CT molecular complexity index is 1340. The molecule has 1 saturated carbocycles. The van der Waals surface area contributed by atoms with Crippen LogP contribution in [0.2, 0.25) is 0 Å². The maximum atomic E-state index is 13.1. The SMILES string of the molecule is C[C@@H](NC(=O)[C@H]1CC[C@@H](Nc2nc(N(C)C)c3ccccc3n2)CC1)c1cccc2ccccc12. The van der Waals surface area contributed by atoms with Crippen molar-refractivity contribution < 1.29 is 4.79 Å². The molecule has 1 aliphatic carbocycles. The molecular formula is C29H33N5O. The fraction of sp³-hybridized carbons (Fsp3) is 0.345. The lowest BCUT2D eigenvalue weighted by Crippen LogP contribution is -2.37. The van der Waals surface area contributed by atoms with Gasteiger partial charge in [0.05, 0.1) is 11.6 Å². The molecule has 0 spiro atoms. The van der Waals surface area contributed by atoms with Crippen molar-refractivity contribution in [3.05, 3.63) is 72.3 Å². The monoisotopic (exact) mass is 467 g/mol. The molecule has 1 aromatic heterocycles. The Hall–Kier alpha value is -3.67. The molecular weight excluding hydrogens is 434 g/mol. The van der Waals surface area contributed by atoms with Gasteiger partial charge in [0.1, 0.15) is 5.82 Å². The molecule has 1 amide bonds. The van der Waals surface area contributed by atoms with E-state index in [4.69, 9.17) is 9.97 Å². The second-order valence-corrected chi connectivity index (χ2v) is 9.77. The van der Waals surface area contributed by atoms with E-state index in [1.54, 1.807) is 0 Å². The Labute approximate surface area is 206 Å². The first-order valence-corrected chi connectivity index (χ1v) is 12.5. The number of carbonyl (C=O) groups excluding carboxylic acids is 1. The van der Waals surface area contributed by atoms with Crippen LogP contribution in [0, 0.1) is 5.92 Å². The summed E-state index contributed by atoms with van der Waals surface area (Å²) in [7, 11) is 4.00. The number of hydrogen-bond acceptors (Lipinski definition) is 5. The Morgan fingerprint density at radius 2 is 1.57 bits per heavy atom. The van der Waals surface area contributed by atoms with Gasteiger partial charge in [0.2, 0.25) is 11.9 Å². The van der Waals surface area contributed by atoms with Crippen LogP contribution in [0.25, 0.3) is 21.7 Å². The fourth-order valence-electron chi connectivity index (χ4n) is 5.18. The molecule has 1 aliphatic rings. The number of aromatic nitrogens is 2. The van der Waals surface area contributed by atoms with Crippen LogP contribution >= 0.6 is 0 Å². The van der Waals surface area contributed by atoms with Gasteiger partial charge >= 0.3 is 0 Å². The van der Waals surface area contributed by atoms with E-state index >= 15 is 0 Å². The van der Waals surface area contributed by atoms with Crippen LogP contribution < -0.4 is 15.5 Å². The van der Waals surface area contributed by atoms with Crippen molar-refractivity contribution >= 4 is 39.3 Å². The first kappa shape index (κ1) is 23.1. The van der Waals surface area contributed by atoms with Gasteiger partial charge in [0.15, 0.2) is 0 Å². The molecule has 4 aromatic rings. The van der Waals surface area contributed by atoms with E-state index in [1.807, 2.05) is 43.3 Å². The minimum Gasteiger partial charge on any atom is -0.362 e. The highest BCUT2D eigenvalue weighted by atomic mass is 16.1. The van der Waals surface area contributed by atoms with Crippen molar-refractivity contribution in [3.63, 3.8) is 0 Å². The molecule has 1 atom stereocenters. The van der Waals surface area contributed by atoms with E-state index in [-0.39, 0.29) is 23.9 Å². The molecule has 0 radical (unpaired) electrons. The van der Waals surface area contributed by atoms with Crippen LogP contribution in [-0.2, 0) is 4.79 Å². The lowest BCUT2D eigenvalue weighted by atomic mass is 9.85. The number of rotatable bonds is 6. The molecule has 6 nitrogen and oxygen atoms in total. The van der Waals surface area contributed by atoms with Gasteiger partial charge in [0.25, 0.3) is 0 Å². The summed E-state index contributed by atoms with van der Waals surface area (Å²) in [6, 6.07) is 23.0. The van der Waals surface area contributed by atoms with Crippen LogP contribution in [0.5, 0.6) is 0 Å². The average Bonchev–Trinajstić information content (AvgIpc) is 2.88. The highest BCUT2D eigenvalue weighted by molar-refractivity contribution is 5.90. The standard InChI is InChI=1S/C29H33N5O/c1-19(23-13-8-10-20-9-4-5-11-24(20)23)30-28(35)21-15-17-22(18-16-21)31-29-32-26-14-7-6-12-25(26)27(33-29)34(2)3/h4-14,19,21-22H,15-18H2,1-3H3,(H,30,35)(H,31,32,33)/t19-,21-,22+/m1/s1. The van der Waals surface area contributed by atoms with E-state index in [1.165, 1.54) is 10.8 Å². The van der Waals surface area contributed by atoms with Crippen LogP contribution in [0.1, 0.15) is 44.2 Å². The molecule has 0 aliphatic heterocycles. The summed E-state index contributed by atoms with van der Waals surface area (Å²) < 4.78 is 0. The van der Waals surface area contributed by atoms with Crippen LogP contribution in [0.3, 0.4) is 0 Å². The summed E-state index contributed by atoms with van der Waals surface area (Å²) in [5, 5.41) is 10.2. The van der Waals surface area contributed by atoms with Gasteiger partial charge in [-0.05, 0) is 61.1 Å². The summed E-state index contributed by atoms with van der Waals surface area (Å²) in [6.45, 7) is 2.08. The molecule has 1 fully saturated rings. The zero-order chi connectivity index (χ0) is 24.4. The Kier molecular flexibility index (Phi) is 6.53. The number of nitrogens with one attached hydrogen (secondary N) is 2. The minimum absolute atomic E-state index is 0.0279. The first-order chi connectivity index (χ1) is 17.0. The number of nitrogens with zero attached hydrogens (tertiary/aromatic N) is 3. The van der Waals surface area contributed by atoms with Crippen LogP contribution in [0.15, 0.2) is 66.7 Å². The lowest BCUT2D eigenvalue weighted by molar-refractivity contribution is -0.126. The van der Waals surface area contributed by atoms with Crippen molar-refractivity contribution in [3.8, 4) is 0 Å². The van der Waals surface area contributed by atoms with E-state index < -0.39 is 0 Å². The van der Waals surface area contributed by atoms with Gasteiger partial charge in [-0.2, -0.15) is 4.98 Å². The normalized spacial score (nSPS) is 18.8. The van der Waals surface area contributed by atoms with Crippen molar-refractivity contribution in [1.29, 1.82) is 0 Å². The second kappa shape index (κ2) is 9.90. The largest absolute Gasteiger partial charge is 0.362 e. The van der Waals surface area contributed by atoms with Gasteiger partial charge in [-0.25, -0.2) is 4.98 Å². The van der Waals surface area contributed by atoms with Crippen LogP contribution in [-0.4, -0.2) is 36.0 Å². The lowest BCUT2D eigenvalue weighted by Gasteiger charge is -2.29. The number of anilines is 2. The van der Waals surface area contributed by atoms with E-state index in [2.05, 4.69) is 60.0 Å². The molecule has 0 saturated heterocycles. The number of amides is 1. The van der Waals surface area contributed by atoms with Crippen LogP contribution in [0.4, 0.5) is 11.8 Å². The quantitative estimate of drug-likeness (QED) is 0.381. The summed E-state index contributed by atoms with van der Waals surface area (Å²) in [5.41, 5.74) is 2.10. The van der Waals surface area contributed by atoms with E-state index in [9.17, 15) is 4.79 Å². The maximum absolute atomic E-state index is 13.1. The smallest absolute Gasteiger partial charge is 0.225 e. The zero-order valence-corrected chi connectivity index (χ0v) is 20.7. The molecule has 3 aromatic carbocycles. The molecule has 0 unspecified atom stereocenters. The topological polar surface area (TPSA) is 70.2 Å². The molecule has 180 valence electrons. The number of fused-ring (bicyclic) bond motifs is 2. The maximum Gasteiger partial charge on any atom is 0.225 e. The van der Waals surface area contributed by atoms with Gasteiger partial charge in [-0.3, -0.25) is 4.79 Å². The summed E-state index contributed by atoms with van der Waals surface area (Å²) in [6.07, 6.45) is 3.57. The fourth-order valence-corrected chi connectivity index (χ4v) is 5.18. The van der Waals surface area contributed by atoms with Crippen molar-refractivity contribution in [1.82, 2.24) is 15.3 Å². The van der Waals surface area contributed by atoms with Crippen molar-refractivity contribution in [2.24, 2.45) is 5.92 Å². The first-order valence-electron chi connectivity index (χ1n) is 12.5. The molecule has 2 N–H and O–H groups in total. The molecule has 35 heavy (non-hydrogen) atoms. The van der Waals surface area contributed by atoms with Crippen molar-refractivity contribution in [2.45, 2.75) is 44.7 Å². The third kappa shape index (κ3) is 4.92. The molecule has 6 heteroatoms. The zero-order valence-electron chi connectivity index (χ0n) is 20.7. The number of benzene rings is 3. The predicted molar refractivity (Wildman–Crippen MR) is 144 cm³/mol. The second-order valence-electron chi connectivity index (χ2n) is 9.77. The van der Waals surface area contributed by atoms with Gasteiger partial charge in [-0.1, -0.05) is 54.6 Å². The third-order valence-corrected chi connectivity index (χ3v) is 7.09. The number of carbonyl (C=O) groups is 1. The van der Waals surface area contributed by atoms with Gasteiger partial charge < -0.3 is 15.5 Å². The summed E-state index contributed by atoms with van der Waals surface area (Å²) >= 11 is 0.